The molecule has 2 fully saturated rings. The lowest BCUT2D eigenvalue weighted by Crippen LogP contribution is -2.34. The maximum atomic E-state index is 3.60. The first-order valence-corrected chi connectivity index (χ1v) is 6.34. The molecule has 0 unspecified atom stereocenters. The SMILES string of the molecule is CCCN(CCNC1CC1)CC1CC1. The molecule has 0 radical (unpaired) electrons. The number of hydrogen-bond donors (Lipinski definition) is 1. The normalized spacial score (nSPS) is 21.9. The fourth-order valence-corrected chi connectivity index (χ4v) is 1.99. The minimum absolute atomic E-state index is 0.874. The second kappa shape index (κ2) is 5.13. The highest BCUT2D eigenvalue weighted by atomic mass is 15.1. The topological polar surface area (TPSA) is 15.3 Å². The molecule has 0 heterocycles. The van der Waals surface area contributed by atoms with E-state index in [0.29, 0.717) is 0 Å². The summed E-state index contributed by atoms with van der Waals surface area (Å²) in [6.45, 7) is 7.41. The molecule has 0 saturated heterocycles. The summed E-state index contributed by atoms with van der Waals surface area (Å²) in [5.41, 5.74) is 0. The molecule has 82 valence electrons. The van der Waals surface area contributed by atoms with E-state index in [2.05, 4.69) is 17.1 Å². The molecule has 0 spiro atoms. The second-order valence-corrected chi connectivity index (χ2v) is 4.97. The van der Waals surface area contributed by atoms with Gasteiger partial charge in [-0.2, -0.15) is 0 Å². The van der Waals surface area contributed by atoms with Gasteiger partial charge in [0.05, 0.1) is 0 Å². The molecule has 0 aromatic carbocycles. The Morgan fingerprint density at radius 1 is 1.14 bits per heavy atom. The Hall–Kier alpha value is -0.0800. The summed E-state index contributed by atoms with van der Waals surface area (Å²) in [5, 5.41) is 3.60. The molecule has 0 bridgehead atoms. The molecule has 0 aromatic heterocycles. The molecule has 2 rings (SSSR count). The fourth-order valence-electron chi connectivity index (χ4n) is 1.99. The molecule has 0 atom stereocenters. The molecule has 2 heteroatoms. The van der Waals surface area contributed by atoms with Gasteiger partial charge in [-0.3, -0.25) is 0 Å². The fraction of sp³-hybridized carbons (Fsp3) is 1.00. The van der Waals surface area contributed by atoms with Gasteiger partial charge in [-0.15, -0.1) is 0 Å². The van der Waals surface area contributed by atoms with Crippen LogP contribution in [0.4, 0.5) is 0 Å². The average Bonchev–Trinajstić information content (AvgIpc) is 2.98. The van der Waals surface area contributed by atoms with Gasteiger partial charge < -0.3 is 10.2 Å². The zero-order chi connectivity index (χ0) is 9.80. The van der Waals surface area contributed by atoms with Crippen molar-refractivity contribution in [3.8, 4) is 0 Å². The molecule has 2 aliphatic rings. The number of nitrogens with zero attached hydrogens (tertiary/aromatic N) is 1. The van der Waals surface area contributed by atoms with Crippen molar-refractivity contribution >= 4 is 0 Å². The van der Waals surface area contributed by atoms with E-state index in [0.717, 1.165) is 12.0 Å². The Kier molecular flexibility index (Phi) is 3.82. The predicted molar refractivity (Wildman–Crippen MR) is 60.5 cm³/mol. The summed E-state index contributed by atoms with van der Waals surface area (Å²) in [7, 11) is 0. The molecular formula is C12H24N2. The van der Waals surface area contributed by atoms with Crippen LogP contribution in [0.3, 0.4) is 0 Å². The van der Waals surface area contributed by atoms with E-state index in [1.165, 1.54) is 58.3 Å². The lowest BCUT2D eigenvalue weighted by molar-refractivity contribution is 0.262. The Balaban J connectivity index is 1.55. The van der Waals surface area contributed by atoms with Crippen molar-refractivity contribution in [1.82, 2.24) is 10.2 Å². The standard InChI is InChI=1S/C12H24N2/c1-2-8-14(10-11-3-4-11)9-7-13-12-5-6-12/h11-13H,2-10H2,1H3. The minimum atomic E-state index is 0.874. The third kappa shape index (κ3) is 3.97. The molecule has 0 aliphatic heterocycles. The van der Waals surface area contributed by atoms with E-state index in [-0.39, 0.29) is 0 Å². The van der Waals surface area contributed by atoms with Crippen molar-refractivity contribution in [2.75, 3.05) is 26.2 Å². The Morgan fingerprint density at radius 2 is 1.93 bits per heavy atom. The number of hydrogen-bond acceptors (Lipinski definition) is 2. The highest BCUT2D eigenvalue weighted by Gasteiger charge is 2.24. The van der Waals surface area contributed by atoms with Gasteiger partial charge in [-0.1, -0.05) is 6.92 Å². The smallest absolute Gasteiger partial charge is 0.0107 e. The molecule has 0 aromatic rings. The van der Waals surface area contributed by atoms with Gasteiger partial charge in [0.25, 0.3) is 0 Å². The van der Waals surface area contributed by atoms with Crippen LogP contribution >= 0.6 is 0 Å². The largest absolute Gasteiger partial charge is 0.313 e. The van der Waals surface area contributed by atoms with Crippen molar-refractivity contribution < 1.29 is 0 Å². The first-order valence-electron chi connectivity index (χ1n) is 6.34. The summed E-state index contributed by atoms with van der Waals surface area (Å²) in [6.07, 6.45) is 7.09. The van der Waals surface area contributed by atoms with E-state index >= 15 is 0 Å². The molecule has 2 saturated carbocycles. The van der Waals surface area contributed by atoms with Crippen LogP contribution in [0.2, 0.25) is 0 Å². The van der Waals surface area contributed by atoms with E-state index in [1.54, 1.807) is 0 Å². The minimum Gasteiger partial charge on any atom is -0.313 e. The van der Waals surface area contributed by atoms with E-state index in [4.69, 9.17) is 0 Å². The Morgan fingerprint density at radius 3 is 2.50 bits per heavy atom. The van der Waals surface area contributed by atoms with Gasteiger partial charge in [-0.05, 0) is 44.6 Å². The van der Waals surface area contributed by atoms with Crippen LogP contribution in [-0.2, 0) is 0 Å². The van der Waals surface area contributed by atoms with E-state index in [9.17, 15) is 0 Å². The lowest BCUT2D eigenvalue weighted by Gasteiger charge is -2.21. The number of rotatable bonds is 8. The highest BCUT2D eigenvalue weighted by molar-refractivity contribution is 4.82. The molecular weight excluding hydrogens is 172 g/mol. The zero-order valence-corrected chi connectivity index (χ0v) is 9.47. The van der Waals surface area contributed by atoms with Crippen molar-refractivity contribution in [2.24, 2.45) is 5.92 Å². The molecule has 0 amide bonds. The van der Waals surface area contributed by atoms with Gasteiger partial charge in [0.1, 0.15) is 0 Å². The lowest BCUT2D eigenvalue weighted by atomic mass is 10.3. The van der Waals surface area contributed by atoms with Gasteiger partial charge in [-0.25, -0.2) is 0 Å². The third-order valence-electron chi connectivity index (χ3n) is 3.19. The highest BCUT2D eigenvalue weighted by Crippen LogP contribution is 2.29. The average molecular weight is 196 g/mol. The number of nitrogens with one attached hydrogen (secondary N) is 1. The quantitative estimate of drug-likeness (QED) is 0.637. The first kappa shape index (κ1) is 10.4. The van der Waals surface area contributed by atoms with Crippen molar-refractivity contribution in [1.29, 1.82) is 0 Å². The van der Waals surface area contributed by atoms with Crippen LogP contribution in [0.5, 0.6) is 0 Å². The van der Waals surface area contributed by atoms with Crippen LogP contribution in [0.1, 0.15) is 39.0 Å². The van der Waals surface area contributed by atoms with E-state index in [1.807, 2.05) is 0 Å². The Labute approximate surface area is 88.1 Å². The summed E-state index contributed by atoms with van der Waals surface area (Å²) in [6, 6.07) is 0.874. The first-order chi connectivity index (χ1) is 6.88. The molecule has 14 heavy (non-hydrogen) atoms. The van der Waals surface area contributed by atoms with Crippen molar-refractivity contribution in [3.05, 3.63) is 0 Å². The summed E-state index contributed by atoms with van der Waals surface area (Å²) in [5.74, 6) is 1.04. The maximum absolute atomic E-state index is 3.60. The zero-order valence-electron chi connectivity index (χ0n) is 9.47. The van der Waals surface area contributed by atoms with Crippen LogP contribution < -0.4 is 5.32 Å². The van der Waals surface area contributed by atoms with Gasteiger partial charge in [0, 0.05) is 25.7 Å². The van der Waals surface area contributed by atoms with Crippen molar-refractivity contribution in [2.45, 2.75) is 45.1 Å². The monoisotopic (exact) mass is 196 g/mol. The second-order valence-electron chi connectivity index (χ2n) is 4.97. The van der Waals surface area contributed by atoms with Crippen LogP contribution in [0.15, 0.2) is 0 Å². The van der Waals surface area contributed by atoms with Gasteiger partial charge in [0.2, 0.25) is 0 Å². The van der Waals surface area contributed by atoms with Crippen LogP contribution in [0.25, 0.3) is 0 Å². The maximum Gasteiger partial charge on any atom is 0.0107 e. The summed E-state index contributed by atoms with van der Waals surface area (Å²) < 4.78 is 0. The van der Waals surface area contributed by atoms with Crippen LogP contribution in [0, 0.1) is 5.92 Å². The van der Waals surface area contributed by atoms with E-state index < -0.39 is 0 Å². The summed E-state index contributed by atoms with van der Waals surface area (Å²) >= 11 is 0. The van der Waals surface area contributed by atoms with Crippen LogP contribution in [-0.4, -0.2) is 37.1 Å². The van der Waals surface area contributed by atoms with Crippen molar-refractivity contribution in [3.63, 3.8) is 0 Å². The third-order valence-corrected chi connectivity index (χ3v) is 3.19. The van der Waals surface area contributed by atoms with Gasteiger partial charge in [0.15, 0.2) is 0 Å². The Bertz CT molecular complexity index is 162. The van der Waals surface area contributed by atoms with Gasteiger partial charge >= 0.3 is 0 Å². The molecule has 1 N–H and O–H groups in total. The molecule has 2 nitrogen and oxygen atoms in total. The summed E-state index contributed by atoms with van der Waals surface area (Å²) in [4.78, 5) is 2.65. The molecule has 2 aliphatic carbocycles. The predicted octanol–water partition coefficient (Wildman–Crippen LogP) is 1.86.